The van der Waals surface area contributed by atoms with Crippen LogP contribution in [0.2, 0.25) is 0 Å². The van der Waals surface area contributed by atoms with E-state index in [0.29, 0.717) is 12.8 Å². The van der Waals surface area contributed by atoms with E-state index >= 15 is 0 Å². The number of sulfonamides is 1. The van der Waals surface area contributed by atoms with Gasteiger partial charge in [-0.3, -0.25) is 0 Å². The Morgan fingerprint density at radius 1 is 1.22 bits per heavy atom. The Balaban J connectivity index is 2.45. The Hall–Kier alpha value is -0.910. The highest BCUT2D eigenvalue weighted by atomic mass is 32.2. The van der Waals surface area contributed by atoms with Gasteiger partial charge in [0.2, 0.25) is 10.0 Å². The molecule has 4 nitrogen and oxygen atoms in total. The van der Waals surface area contributed by atoms with Gasteiger partial charge in [0.25, 0.3) is 0 Å². The van der Waals surface area contributed by atoms with Gasteiger partial charge in [-0.05, 0) is 32.3 Å². The predicted molar refractivity (Wildman–Crippen MR) is 72.8 cm³/mol. The van der Waals surface area contributed by atoms with Crippen LogP contribution in [0.1, 0.15) is 25.8 Å². The van der Waals surface area contributed by atoms with Crippen molar-refractivity contribution in [3.05, 3.63) is 35.9 Å². The van der Waals surface area contributed by atoms with Crippen molar-refractivity contribution < 1.29 is 13.5 Å². The van der Waals surface area contributed by atoms with Crippen molar-refractivity contribution in [3.63, 3.8) is 0 Å². The molecule has 5 heteroatoms. The third kappa shape index (κ3) is 6.14. The number of benzene rings is 1. The summed E-state index contributed by atoms with van der Waals surface area (Å²) in [6.07, 6.45) is 0.416. The molecule has 0 aliphatic rings. The SMILES string of the molecule is CC(O)CC(C)NS(=O)(=O)CCc1ccccc1. The van der Waals surface area contributed by atoms with Gasteiger partial charge in [-0.1, -0.05) is 30.3 Å². The molecule has 0 fully saturated rings. The lowest BCUT2D eigenvalue weighted by molar-refractivity contribution is 0.175. The monoisotopic (exact) mass is 271 g/mol. The lowest BCUT2D eigenvalue weighted by Crippen LogP contribution is -2.36. The Morgan fingerprint density at radius 2 is 1.83 bits per heavy atom. The second-order valence-corrected chi connectivity index (χ2v) is 6.53. The molecule has 0 saturated carbocycles. The normalized spacial score (nSPS) is 15.3. The fourth-order valence-corrected chi connectivity index (χ4v) is 3.15. The molecule has 0 bridgehead atoms. The van der Waals surface area contributed by atoms with Gasteiger partial charge in [-0.2, -0.15) is 0 Å². The summed E-state index contributed by atoms with van der Waals surface area (Å²) >= 11 is 0. The summed E-state index contributed by atoms with van der Waals surface area (Å²) in [6.45, 7) is 3.40. The first-order chi connectivity index (χ1) is 8.39. The van der Waals surface area contributed by atoms with Crippen LogP contribution in [0.4, 0.5) is 0 Å². The van der Waals surface area contributed by atoms with Gasteiger partial charge in [-0.15, -0.1) is 0 Å². The van der Waals surface area contributed by atoms with Gasteiger partial charge in [-0.25, -0.2) is 13.1 Å². The molecular formula is C13H21NO3S. The molecule has 1 aromatic rings. The van der Waals surface area contributed by atoms with Crippen molar-refractivity contribution in [2.45, 2.75) is 38.8 Å². The van der Waals surface area contributed by atoms with Crippen LogP contribution < -0.4 is 4.72 Å². The Morgan fingerprint density at radius 3 is 2.39 bits per heavy atom. The first kappa shape index (κ1) is 15.1. The molecule has 2 atom stereocenters. The molecule has 2 N–H and O–H groups in total. The van der Waals surface area contributed by atoms with Crippen LogP contribution in [0.3, 0.4) is 0 Å². The van der Waals surface area contributed by atoms with Crippen molar-refractivity contribution in [3.8, 4) is 0 Å². The standard InChI is InChI=1S/C13H21NO3S/c1-11(10-12(2)15)14-18(16,17)9-8-13-6-4-3-5-7-13/h3-7,11-12,14-15H,8-10H2,1-2H3. The summed E-state index contributed by atoms with van der Waals surface area (Å²) in [5.41, 5.74) is 1.01. The Kier molecular flexibility index (Phi) is 5.78. The average Bonchev–Trinajstić information content (AvgIpc) is 2.26. The van der Waals surface area contributed by atoms with Gasteiger partial charge >= 0.3 is 0 Å². The summed E-state index contributed by atoms with van der Waals surface area (Å²) < 4.78 is 26.2. The number of aryl methyl sites for hydroxylation is 1. The van der Waals surface area contributed by atoms with Crippen molar-refractivity contribution in [2.75, 3.05) is 5.75 Å². The summed E-state index contributed by atoms with van der Waals surface area (Å²) in [6, 6.07) is 9.27. The third-order valence-corrected chi connectivity index (χ3v) is 4.08. The topological polar surface area (TPSA) is 66.4 Å². The maximum absolute atomic E-state index is 11.8. The number of aliphatic hydroxyl groups excluding tert-OH is 1. The lowest BCUT2D eigenvalue weighted by atomic mass is 10.2. The minimum atomic E-state index is -3.29. The number of rotatable bonds is 7. The summed E-state index contributed by atoms with van der Waals surface area (Å²) in [5, 5.41) is 9.19. The largest absolute Gasteiger partial charge is 0.393 e. The number of hydrogen-bond donors (Lipinski definition) is 2. The molecule has 1 aromatic carbocycles. The highest BCUT2D eigenvalue weighted by molar-refractivity contribution is 7.89. The third-order valence-electron chi connectivity index (χ3n) is 2.58. The lowest BCUT2D eigenvalue weighted by Gasteiger charge is -2.15. The van der Waals surface area contributed by atoms with Gasteiger partial charge in [0.1, 0.15) is 0 Å². The van der Waals surface area contributed by atoms with Crippen LogP contribution >= 0.6 is 0 Å². The van der Waals surface area contributed by atoms with Gasteiger partial charge < -0.3 is 5.11 Å². The summed E-state index contributed by atoms with van der Waals surface area (Å²) in [4.78, 5) is 0. The van der Waals surface area contributed by atoms with E-state index in [-0.39, 0.29) is 11.8 Å². The number of aliphatic hydroxyl groups is 1. The number of hydrogen-bond acceptors (Lipinski definition) is 3. The highest BCUT2D eigenvalue weighted by Gasteiger charge is 2.15. The van der Waals surface area contributed by atoms with Crippen LogP contribution in [0.15, 0.2) is 30.3 Å². The van der Waals surface area contributed by atoms with Gasteiger partial charge in [0.15, 0.2) is 0 Å². The average molecular weight is 271 g/mol. The van der Waals surface area contributed by atoms with Crippen LogP contribution in [-0.2, 0) is 16.4 Å². The zero-order valence-corrected chi connectivity index (χ0v) is 11.7. The van der Waals surface area contributed by atoms with Crippen molar-refractivity contribution in [1.82, 2.24) is 4.72 Å². The zero-order chi connectivity index (χ0) is 13.6. The van der Waals surface area contributed by atoms with Crippen LogP contribution in [-0.4, -0.2) is 31.4 Å². The van der Waals surface area contributed by atoms with E-state index in [4.69, 9.17) is 0 Å². The highest BCUT2D eigenvalue weighted by Crippen LogP contribution is 2.03. The molecule has 1 rings (SSSR count). The summed E-state index contributed by atoms with van der Waals surface area (Å²) in [5.74, 6) is 0.0706. The van der Waals surface area contributed by atoms with Crippen molar-refractivity contribution in [1.29, 1.82) is 0 Å². The van der Waals surface area contributed by atoms with Crippen molar-refractivity contribution in [2.24, 2.45) is 0 Å². The molecule has 0 saturated heterocycles. The van der Waals surface area contributed by atoms with Gasteiger partial charge in [0.05, 0.1) is 11.9 Å². The second kappa shape index (κ2) is 6.87. The van der Waals surface area contributed by atoms with Crippen LogP contribution in [0.5, 0.6) is 0 Å². The fourth-order valence-electron chi connectivity index (χ4n) is 1.82. The molecule has 18 heavy (non-hydrogen) atoms. The molecule has 0 aliphatic carbocycles. The quantitative estimate of drug-likeness (QED) is 0.785. The van der Waals surface area contributed by atoms with E-state index in [9.17, 15) is 13.5 Å². The minimum Gasteiger partial charge on any atom is -0.393 e. The van der Waals surface area contributed by atoms with Gasteiger partial charge in [0, 0.05) is 6.04 Å². The van der Waals surface area contributed by atoms with E-state index in [1.54, 1.807) is 13.8 Å². The molecule has 0 amide bonds. The van der Waals surface area contributed by atoms with Crippen molar-refractivity contribution >= 4 is 10.0 Å². The predicted octanol–water partition coefficient (Wildman–Crippen LogP) is 1.31. The Labute approximate surface area is 109 Å². The van der Waals surface area contributed by atoms with E-state index < -0.39 is 16.1 Å². The van der Waals surface area contributed by atoms with E-state index in [2.05, 4.69) is 4.72 Å². The maximum atomic E-state index is 11.8. The molecule has 2 unspecified atom stereocenters. The second-order valence-electron chi connectivity index (χ2n) is 4.66. The number of nitrogens with one attached hydrogen (secondary N) is 1. The zero-order valence-electron chi connectivity index (χ0n) is 10.8. The molecule has 102 valence electrons. The molecular weight excluding hydrogens is 250 g/mol. The molecule has 0 heterocycles. The summed E-state index contributed by atoms with van der Waals surface area (Å²) in [7, 11) is -3.29. The van der Waals surface area contributed by atoms with Crippen LogP contribution in [0.25, 0.3) is 0 Å². The molecule has 0 spiro atoms. The maximum Gasteiger partial charge on any atom is 0.212 e. The fraction of sp³-hybridized carbons (Fsp3) is 0.538. The van der Waals surface area contributed by atoms with Crippen LogP contribution in [0, 0.1) is 0 Å². The first-order valence-corrected chi connectivity index (χ1v) is 7.76. The smallest absolute Gasteiger partial charge is 0.212 e. The van der Waals surface area contributed by atoms with E-state index in [0.717, 1.165) is 5.56 Å². The first-order valence-electron chi connectivity index (χ1n) is 6.11. The minimum absolute atomic E-state index is 0.0706. The molecule has 0 aliphatic heterocycles. The molecule has 0 aromatic heterocycles. The Bertz CT molecular complexity index is 443. The van der Waals surface area contributed by atoms with E-state index in [1.807, 2.05) is 30.3 Å². The van der Waals surface area contributed by atoms with E-state index in [1.165, 1.54) is 0 Å². The molecule has 0 radical (unpaired) electrons.